The molecule has 3 aromatic carbocycles. The van der Waals surface area contributed by atoms with Gasteiger partial charge >= 0.3 is 0 Å². The van der Waals surface area contributed by atoms with E-state index >= 15 is 0 Å². The van der Waals surface area contributed by atoms with Gasteiger partial charge in [0.1, 0.15) is 11.6 Å². The van der Waals surface area contributed by atoms with Crippen LogP contribution in [0.1, 0.15) is 23.0 Å². The Bertz CT molecular complexity index is 1520. The molecule has 0 saturated heterocycles. The normalized spacial score (nSPS) is 12.0. The number of halogens is 3. The van der Waals surface area contributed by atoms with E-state index < -0.39 is 17.7 Å². The second-order valence-electron chi connectivity index (χ2n) is 8.29. The summed E-state index contributed by atoms with van der Waals surface area (Å²) in [5.41, 5.74) is 3.52. The van der Waals surface area contributed by atoms with Crippen molar-refractivity contribution in [3.63, 3.8) is 0 Å². The number of rotatable bonds is 7. The lowest BCUT2D eigenvalue weighted by Gasteiger charge is -2.21. The predicted molar refractivity (Wildman–Crippen MR) is 133 cm³/mol. The maximum Gasteiger partial charge on any atom is 0.226 e. The van der Waals surface area contributed by atoms with Crippen LogP contribution in [-0.4, -0.2) is 26.1 Å². The third-order valence-corrected chi connectivity index (χ3v) is 6.00. The first-order chi connectivity index (χ1) is 17.5. The molecule has 36 heavy (non-hydrogen) atoms. The monoisotopic (exact) mass is 503 g/mol. The molecule has 2 N–H and O–H groups in total. The molecule has 0 fully saturated rings. The molecule has 0 bridgehead atoms. The van der Waals surface area contributed by atoms with Crippen molar-refractivity contribution in [2.75, 3.05) is 0 Å². The van der Waals surface area contributed by atoms with Gasteiger partial charge in [-0.1, -0.05) is 41.9 Å². The Kier molecular flexibility index (Phi) is 6.69. The number of amides is 1. The molecule has 0 saturated carbocycles. The Balaban J connectivity index is 1.49. The van der Waals surface area contributed by atoms with Crippen molar-refractivity contribution >= 4 is 28.4 Å². The first-order valence-electron chi connectivity index (χ1n) is 11.2. The molecular formula is C27H20ClF2N5O. The summed E-state index contributed by atoms with van der Waals surface area (Å²) >= 11 is 6.04. The van der Waals surface area contributed by atoms with Gasteiger partial charge in [-0.25, -0.2) is 8.78 Å². The van der Waals surface area contributed by atoms with Gasteiger partial charge in [0.05, 0.1) is 35.1 Å². The number of carbonyl (C=O) groups excluding carboxylic acids is 1. The molecule has 2 heterocycles. The minimum Gasteiger partial charge on any atom is -0.347 e. The van der Waals surface area contributed by atoms with E-state index in [9.17, 15) is 13.6 Å². The summed E-state index contributed by atoms with van der Waals surface area (Å²) in [4.78, 5) is 22.2. The number of nitrogens with one attached hydrogen (secondary N) is 2. The van der Waals surface area contributed by atoms with Gasteiger partial charge in [0.2, 0.25) is 5.91 Å². The lowest BCUT2D eigenvalue weighted by atomic mass is 9.98. The van der Waals surface area contributed by atoms with Gasteiger partial charge in [0.25, 0.3) is 0 Å². The molecule has 6 nitrogen and oxygen atoms in total. The first kappa shape index (κ1) is 23.6. The van der Waals surface area contributed by atoms with Gasteiger partial charge < -0.3 is 5.32 Å². The quantitative estimate of drug-likeness (QED) is 0.303. The molecule has 1 amide bonds. The van der Waals surface area contributed by atoms with Crippen molar-refractivity contribution in [2.24, 2.45) is 0 Å². The lowest BCUT2D eigenvalue weighted by Crippen LogP contribution is -2.32. The summed E-state index contributed by atoms with van der Waals surface area (Å²) in [6.45, 7) is 0. The van der Waals surface area contributed by atoms with Crippen molar-refractivity contribution in [2.45, 2.75) is 18.9 Å². The van der Waals surface area contributed by atoms with Gasteiger partial charge in [0, 0.05) is 34.4 Å². The van der Waals surface area contributed by atoms with Gasteiger partial charge in [-0.2, -0.15) is 5.10 Å². The SMILES string of the molecule is O=C(Cc1n[nH]c2ccccc12)NC(Cc1cc(F)cc(F)c1)c1nccnc1-c1ccc(Cl)cc1. The molecule has 0 radical (unpaired) electrons. The molecule has 2 aromatic heterocycles. The predicted octanol–water partition coefficient (Wildman–Crippen LogP) is 5.59. The van der Waals surface area contributed by atoms with Crippen molar-refractivity contribution in [3.8, 4) is 11.3 Å². The number of benzene rings is 3. The molecule has 0 aliphatic carbocycles. The average Bonchev–Trinajstić information content (AvgIpc) is 3.26. The highest BCUT2D eigenvalue weighted by Crippen LogP contribution is 2.28. The van der Waals surface area contributed by atoms with E-state index in [2.05, 4.69) is 25.5 Å². The summed E-state index contributed by atoms with van der Waals surface area (Å²) in [5, 5.41) is 11.6. The van der Waals surface area contributed by atoms with E-state index in [1.807, 2.05) is 24.3 Å². The molecule has 180 valence electrons. The maximum absolute atomic E-state index is 13.9. The fourth-order valence-corrected chi connectivity index (χ4v) is 4.29. The number of carbonyl (C=O) groups is 1. The second-order valence-corrected chi connectivity index (χ2v) is 8.73. The summed E-state index contributed by atoms with van der Waals surface area (Å²) in [7, 11) is 0. The number of H-pyrrole nitrogens is 1. The van der Waals surface area contributed by atoms with E-state index in [-0.39, 0.29) is 18.7 Å². The third-order valence-electron chi connectivity index (χ3n) is 5.75. The number of aromatic amines is 1. The van der Waals surface area contributed by atoms with Crippen LogP contribution < -0.4 is 5.32 Å². The molecule has 1 unspecified atom stereocenters. The fraction of sp³-hybridized carbons (Fsp3) is 0.111. The van der Waals surface area contributed by atoms with Crippen LogP contribution in [0.4, 0.5) is 8.78 Å². The van der Waals surface area contributed by atoms with E-state index in [0.29, 0.717) is 27.7 Å². The third kappa shape index (κ3) is 5.23. The highest BCUT2D eigenvalue weighted by molar-refractivity contribution is 6.30. The molecule has 0 aliphatic heterocycles. The number of para-hydroxylation sites is 1. The molecule has 5 rings (SSSR count). The van der Waals surface area contributed by atoms with Crippen LogP contribution in [0, 0.1) is 11.6 Å². The number of aromatic nitrogens is 4. The molecule has 9 heteroatoms. The highest BCUT2D eigenvalue weighted by Gasteiger charge is 2.23. The van der Waals surface area contributed by atoms with Crippen LogP contribution in [0.2, 0.25) is 5.02 Å². The Labute approximate surface area is 210 Å². The van der Waals surface area contributed by atoms with Crippen LogP contribution in [0.3, 0.4) is 0 Å². The van der Waals surface area contributed by atoms with Crippen LogP contribution >= 0.6 is 11.6 Å². The van der Waals surface area contributed by atoms with Crippen LogP contribution in [-0.2, 0) is 17.6 Å². The van der Waals surface area contributed by atoms with E-state index in [1.165, 1.54) is 18.3 Å². The average molecular weight is 504 g/mol. The molecule has 0 spiro atoms. The zero-order chi connectivity index (χ0) is 25.1. The smallest absolute Gasteiger partial charge is 0.226 e. The molecule has 0 aliphatic rings. The number of fused-ring (bicyclic) bond motifs is 1. The largest absolute Gasteiger partial charge is 0.347 e. The van der Waals surface area contributed by atoms with E-state index in [0.717, 1.165) is 22.5 Å². The zero-order valence-corrected chi connectivity index (χ0v) is 19.6. The van der Waals surface area contributed by atoms with Gasteiger partial charge in [0.15, 0.2) is 0 Å². The Morgan fingerprint density at radius 3 is 2.47 bits per heavy atom. The number of hydrogen-bond donors (Lipinski definition) is 2. The summed E-state index contributed by atoms with van der Waals surface area (Å²) in [6.07, 6.45) is 3.17. The minimum atomic E-state index is -0.719. The highest BCUT2D eigenvalue weighted by atomic mass is 35.5. The zero-order valence-electron chi connectivity index (χ0n) is 18.9. The molecule has 5 aromatic rings. The maximum atomic E-state index is 13.9. The second kappa shape index (κ2) is 10.2. The number of nitrogens with zero attached hydrogens (tertiary/aromatic N) is 3. The van der Waals surface area contributed by atoms with Crippen molar-refractivity contribution < 1.29 is 13.6 Å². The molecule has 1 atom stereocenters. The summed E-state index contributed by atoms with van der Waals surface area (Å²) < 4.78 is 27.9. The van der Waals surface area contributed by atoms with Crippen molar-refractivity contribution in [1.82, 2.24) is 25.5 Å². The summed E-state index contributed by atoms with van der Waals surface area (Å²) in [6, 6.07) is 17.1. The topological polar surface area (TPSA) is 83.6 Å². The van der Waals surface area contributed by atoms with E-state index in [4.69, 9.17) is 11.6 Å². The van der Waals surface area contributed by atoms with Crippen LogP contribution in [0.25, 0.3) is 22.2 Å². The summed E-state index contributed by atoms with van der Waals surface area (Å²) in [5.74, 6) is -1.72. The van der Waals surface area contributed by atoms with Gasteiger partial charge in [-0.3, -0.25) is 19.9 Å². The van der Waals surface area contributed by atoms with Crippen LogP contribution in [0.15, 0.2) is 79.1 Å². The van der Waals surface area contributed by atoms with Crippen molar-refractivity contribution in [1.29, 1.82) is 0 Å². The fourth-order valence-electron chi connectivity index (χ4n) is 4.17. The Morgan fingerprint density at radius 1 is 0.972 bits per heavy atom. The standard InChI is InChI=1S/C27H20ClF2N5O/c28-18-7-5-17(6-8-18)26-27(32-10-9-31-26)24(13-16-11-19(29)14-20(30)12-16)33-25(36)15-23-21-3-1-2-4-22(21)34-35-23/h1-12,14,24H,13,15H2,(H,33,36)(H,34,35). The first-order valence-corrected chi connectivity index (χ1v) is 11.6. The minimum absolute atomic E-state index is 0.00850. The Hall–Kier alpha value is -4.17. The van der Waals surface area contributed by atoms with E-state index in [1.54, 1.807) is 30.5 Å². The Morgan fingerprint density at radius 2 is 1.69 bits per heavy atom. The van der Waals surface area contributed by atoms with Gasteiger partial charge in [-0.05, 0) is 42.3 Å². The van der Waals surface area contributed by atoms with Gasteiger partial charge in [-0.15, -0.1) is 0 Å². The van der Waals surface area contributed by atoms with Crippen molar-refractivity contribution in [3.05, 3.63) is 113 Å². The molecular weight excluding hydrogens is 484 g/mol. The lowest BCUT2D eigenvalue weighted by molar-refractivity contribution is -0.121. The van der Waals surface area contributed by atoms with Crippen LogP contribution in [0.5, 0.6) is 0 Å². The number of hydrogen-bond acceptors (Lipinski definition) is 4.